The van der Waals surface area contributed by atoms with E-state index in [-0.39, 0.29) is 12.0 Å². The van der Waals surface area contributed by atoms with E-state index in [2.05, 4.69) is 11.0 Å². The van der Waals surface area contributed by atoms with E-state index >= 15 is 0 Å². The van der Waals surface area contributed by atoms with Crippen LogP contribution in [0.15, 0.2) is 35.7 Å². The fourth-order valence-corrected chi connectivity index (χ4v) is 4.50. The lowest BCUT2D eigenvalue weighted by Crippen LogP contribution is -2.41. The lowest BCUT2D eigenvalue weighted by atomic mass is 9.94. The Morgan fingerprint density at radius 2 is 2.32 bits per heavy atom. The van der Waals surface area contributed by atoms with Gasteiger partial charge in [0.15, 0.2) is 0 Å². The third kappa shape index (κ3) is 4.17. The van der Waals surface area contributed by atoms with Gasteiger partial charge in [-0.05, 0) is 56.0 Å². The fraction of sp³-hybridized carbons (Fsp3) is 0.421. The summed E-state index contributed by atoms with van der Waals surface area (Å²) in [6, 6.07) is 9.76. The average Bonchev–Trinajstić information content (AvgIpc) is 3.12. The molecule has 6 heteroatoms. The highest BCUT2D eigenvalue weighted by Gasteiger charge is 2.33. The van der Waals surface area contributed by atoms with Gasteiger partial charge in [-0.1, -0.05) is 17.7 Å². The predicted octanol–water partition coefficient (Wildman–Crippen LogP) is 4.69. The van der Waals surface area contributed by atoms with Crippen LogP contribution in [0.5, 0.6) is 5.75 Å². The summed E-state index contributed by atoms with van der Waals surface area (Å²) in [6.45, 7) is 3.93. The molecule has 1 aliphatic heterocycles. The first-order chi connectivity index (χ1) is 12.1. The number of hydrogen-bond acceptors (Lipinski definition) is 4. The third-order valence-corrected chi connectivity index (χ3v) is 5.71. The lowest BCUT2D eigenvalue weighted by molar-refractivity contribution is -0.143. The minimum Gasteiger partial charge on any atom is -0.494 e. The number of benzene rings is 1. The number of carboxylic acids is 1. The second kappa shape index (κ2) is 8.21. The number of carbonyl (C=O) groups is 1. The van der Waals surface area contributed by atoms with Crippen molar-refractivity contribution in [1.29, 1.82) is 0 Å². The molecule has 1 fully saturated rings. The van der Waals surface area contributed by atoms with Crippen LogP contribution in [0.2, 0.25) is 5.02 Å². The molecule has 2 aromatic rings. The SMILES string of the molecule is CCOc1ccc(Cl)cc1C(c1cccs1)N1CCCC(C(=O)O)C1. The molecule has 0 radical (unpaired) electrons. The zero-order valence-electron chi connectivity index (χ0n) is 14.2. The van der Waals surface area contributed by atoms with Gasteiger partial charge in [0.25, 0.3) is 0 Å². The zero-order chi connectivity index (χ0) is 17.8. The molecule has 0 bridgehead atoms. The molecule has 1 aromatic heterocycles. The second-order valence-corrected chi connectivity index (χ2v) is 7.62. The largest absolute Gasteiger partial charge is 0.494 e. The first-order valence-corrected chi connectivity index (χ1v) is 9.78. The quantitative estimate of drug-likeness (QED) is 0.791. The fourth-order valence-electron chi connectivity index (χ4n) is 3.44. The summed E-state index contributed by atoms with van der Waals surface area (Å²) in [5.74, 6) is -0.237. The van der Waals surface area contributed by atoms with Crippen molar-refractivity contribution < 1.29 is 14.6 Å². The number of thiophene rings is 1. The summed E-state index contributed by atoms with van der Waals surface area (Å²) >= 11 is 7.95. The summed E-state index contributed by atoms with van der Waals surface area (Å²) in [5, 5.41) is 12.2. The number of piperidine rings is 1. The molecule has 1 aromatic carbocycles. The molecular weight excluding hydrogens is 358 g/mol. The van der Waals surface area contributed by atoms with Gasteiger partial charge >= 0.3 is 5.97 Å². The monoisotopic (exact) mass is 379 g/mol. The van der Waals surface area contributed by atoms with Crippen molar-refractivity contribution in [2.45, 2.75) is 25.8 Å². The topological polar surface area (TPSA) is 49.8 Å². The number of halogens is 1. The van der Waals surface area contributed by atoms with Crippen LogP contribution in [0.25, 0.3) is 0 Å². The molecule has 2 heterocycles. The second-order valence-electron chi connectivity index (χ2n) is 6.21. The maximum Gasteiger partial charge on any atom is 0.307 e. The smallest absolute Gasteiger partial charge is 0.307 e. The normalized spacial score (nSPS) is 19.5. The van der Waals surface area contributed by atoms with E-state index in [4.69, 9.17) is 16.3 Å². The van der Waals surface area contributed by atoms with Crippen LogP contribution in [0.3, 0.4) is 0 Å². The summed E-state index contributed by atoms with van der Waals surface area (Å²) in [6.07, 6.45) is 1.61. The van der Waals surface area contributed by atoms with Crippen LogP contribution in [0.4, 0.5) is 0 Å². The maximum atomic E-state index is 11.5. The van der Waals surface area contributed by atoms with Crippen molar-refractivity contribution in [1.82, 2.24) is 4.90 Å². The average molecular weight is 380 g/mol. The van der Waals surface area contributed by atoms with Gasteiger partial charge in [-0.2, -0.15) is 0 Å². The Balaban J connectivity index is 2.02. The van der Waals surface area contributed by atoms with Crippen molar-refractivity contribution in [3.8, 4) is 5.75 Å². The van der Waals surface area contributed by atoms with Crippen LogP contribution in [-0.4, -0.2) is 35.7 Å². The third-order valence-electron chi connectivity index (χ3n) is 4.55. The van der Waals surface area contributed by atoms with E-state index in [0.29, 0.717) is 18.2 Å². The Hall–Kier alpha value is -1.56. The molecule has 0 aliphatic carbocycles. The van der Waals surface area contributed by atoms with Crippen molar-refractivity contribution in [3.05, 3.63) is 51.2 Å². The minimum absolute atomic E-state index is 0.0394. The van der Waals surface area contributed by atoms with Crippen LogP contribution in [0, 0.1) is 5.92 Å². The van der Waals surface area contributed by atoms with E-state index in [1.54, 1.807) is 11.3 Å². The summed E-state index contributed by atoms with van der Waals surface area (Å²) in [4.78, 5) is 14.9. The van der Waals surface area contributed by atoms with Gasteiger partial charge in [-0.3, -0.25) is 9.69 Å². The van der Waals surface area contributed by atoms with E-state index in [0.717, 1.165) is 30.7 Å². The van der Waals surface area contributed by atoms with Crippen LogP contribution in [0.1, 0.15) is 36.2 Å². The molecule has 1 aliphatic rings. The number of likely N-dealkylation sites (tertiary alicyclic amines) is 1. The molecule has 1 N–H and O–H groups in total. The molecule has 0 saturated carbocycles. The molecule has 2 atom stereocenters. The Labute approximate surface area is 157 Å². The number of carboxylic acid groups (broad SMARTS) is 1. The van der Waals surface area contributed by atoms with Gasteiger partial charge in [0.05, 0.1) is 18.6 Å². The molecule has 0 amide bonds. The Morgan fingerprint density at radius 1 is 1.48 bits per heavy atom. The van der Waals surface area contributed by atoms with Gasteiger partial charge in [-0.15, -0.1) is 11.3 Å². The number of aliphatic carboxylic acids is 1. The molecule has 134 valence electrons. The van der Waals surface area contributed by atoms with E-state index in [9.17, 15) is 9.90 Å². The summed E-state index contributed by atoms with van der Waals surface area (Å²) in [7, 11) is 0. The molecule has 4 nitrogen and oxygen atoms in total. The van der Waals surface area contributed by atoms with Crippen molar-refractivity contribution in [3.63, 3.8) is 0 Å². The molecule has 3 rings (SSSR count). The Morgan fingerprint density at radius 3 is 3.00 bits per heavy atom. The number of ether oxygens (including phenoxy) is 1. The highest BCUT2D eigenvalue weighted by molar-refractivity contribution is 7.10. The lowest BCUT2D eigenvalue weighted by Gasteiger charge is -2.37. The molecule has 25 heavy (non-hydrogen) atoms. The Kier molecular flexibility index (Phi) is 5.99. The van der Waals surface area contributed by atoms with Crippen molar-refractivity contribution in [2.75, 3.05) is 19.7 Å². The first-order valence-electron chi connectivity index (χ1n) is 8.52. The molecule has 2 unspecified atom stereocenters. The van der Waals surface area contributed by atoms with Gasteiger partial charge < -0.3 is 9.84 Å². The van der Waals surface area contributed by atoms with Crippen molar-refractivity contribution in [2.24, 2.45) is 5.92 Å². The Bertz CT molecular complexity index is 719. The maximum absolute atomic E-state index is 11.5. The van der Waals surface area contributed by atoms with Crippen LogP contribution >= 0.6 is 22.9 Å². The molecule has 0 spiro atoms. The predicted molar refractivity (Wildman–Crippen MR) is 101 cm³/mol. The number of rotatable bonds is 6. The standard InChI is InChI=1S/C19H22ClNO3S/c1-2-24-16-8-7-14(20)11-15(16)18(17-6-4-10-25-17)21-9-3-5-13(12-21)19(22)23/h4,6-8,10-11,13,18H,2-3,5,9,12H2,1H3,(H,22,23). The van der Waals surface area contributed by atoms with E-state index < -0.39 is 5.97 Å². The summed E-state index contributed by atoms with van der Waals surface area (Å²) in [5.41, 5.74) is 1.00. The van der Waals surface area contributed by atoms with Crippen LogP contribution < -0.4 is 4.74 Å². The van der Waals surface area contributed by atoms with Crippen LogP contribution in [-0.2, 0) is 4.79 Å². The number of hydrogen-bond donors (Lipinski definition) is 1. The highest BCUT2D eigenvalue weighted by Crippen LogP contribution is 2.40. The zero-order valence-corrected chi connectivity index (χ0v) is 15.7. The van der Waals surface area contributed by atoms with Gasteiger partial charge in [-0.25, -0.2) is 0 Å². The van der Waals surface area contributed by atoms with Gasteiger partial charge in [0.1, 0.15) is 5.75 Å². The highest BCUT2D eigenvalue weighted by atomic mass is 35.5. The van der Waals surface area contributed by atoms with Gasteiger partial charge in [0.2, 0.25) is 0 Å². The molecular formula is C19H22ClNO3S. The van der Waals surface area contributed by atoms with Gasteiger partial charge in [0, 0.05) is 22.0 Å². The van der Waals surface area contributed by atoms with E-state index in [1.807, 2.05) is 36.6 Å². The molecule has 1 saturated heterocycles. The number of nitrogens with zero attached hydrogens (tertiary/aromatic N) is 1. The van der Waals surface area contributed by atoms with Crippen molar-refractivity contribution >= 4 is 28.9 Å². The van der Waals surface area contributed by atoms with E-state index in [1.165, 1.54) is 4.88 Å². The minimum atomic E-state index is -0.717. The first kappa shape index (κ1) is 18.2. The summed E-state index contributed by atoms with van der Waals surface area (Å²) < 4.78 is 5.84.